The van der Waals surface area contributed by atoms with Crippen molar-refractivity contribution in [2.45, 2.75) is 12.8 Å². The van der Waals surface area contributed by atoms with E-state index < -0.39 is 0 Å². The second kappa shape index (κ2) is 9.98. The smallest absolute Gasteiger partial charge is 0.274 e. The molecule has 0 atom stereocenters. The van der Waals surface area contributed by atoms with Crippen molar-refractivity contribution in [3.05, 3.63) is 83.9 Å². The number of hydrogen-bond donors (Lipinski definition) is 0. The minimum Gasteiger partial charge on any atom is -0.336 e. The highest BCUT2D eigenvalue weighted by atomic mass is 19.1. The van der Waals surface area contributed by atoms with Crippen LogP contribution < -0.4 is 0 Å². The lowest BCUT2D eigenvalue weighted by Crippen LogP contribution is -2.37. The number of halogens is 1. The van der Waals surface area contributed by atoms with Crippen molar-refractivity contribution in [2.75, 3.05) is 33.7 Å². The van der Waals surface area contributed by atoms with Crippen LogP contribution in [0, 0.1) is 5.82 Å². The van der Waals surface area contributed by atoms with Crippen molar-refractivity contribution in [3.63, 3.8) is 0 Å². The highest BCUT2D eigenvalue weighted by molar-refractivity contribution is 5.92. The van der Waals surface area contributed by atoms with Crippen molar-refractivity contribution in [3.8, 4) is 5.69 Å². The molecule has 1 amide bonds. The number of aryl methyl sites for hydroxylation is 1. The average Bonchev–Trinajstić information content (AvgIpc) is 3.21. The Kier molecular flexibility index (Phi) is 7.14. The molecule has 0 spiro atoms. The van der Waals surface area contributed by atoms with Gasteiger partial charge in [-0.3, -0.25) is 4.79 Å². The van der Waals surface area contributed by atoms with E-state index in [0.29, 0.717) is 18.8 Å². The maximum absolute atomic E-state index is 13.1. The molecule has 152 valence electrons. The van der Waals surface area contributed by atoms with E-state index in [1.54, 1.807) is 29.1 Å². The molecule has 0 N–H and O–H groups in total. The van der Waals surface area contributed by atoms with E-state index in [1.807, 2.05) is 37.2 Å². The van der Waals surface area contributed by atoms with Gasteiger partial charge in [0.25, 0.3) is 5.91 Å². The summed E-state index contributed by atoms with van der Waals surface area (Å²) in [6.07, 6.45) is 3.55. The topological polar surface area (TPSA) is 41.4 Å². The van der Waals surface area contributed by atoms with Crippen LogP contribution in [0.25, 0.3) is 5.69 Å². The fourth-order valence-corrected chi connectivity index (χ4v) is 3.09. The normalized spacial score (nSPS) is 11.0. The minimum atomic E-state index is -0.300. The fourth-order valence-electron chi connectivity index (χ4n) is 3.09. The van der Waals surface area contributed by atoms with Crippen LogP contribution in [-0.4, -0.2) is 59.2 Å². The third-order valence-corrected chi connectivity index (χ3v) is 4.74. The zero-order valence-electron chi connectivity index (χ0n) is 17.0. The lowest BCUT2D eigenvalue weighted by Gasteiger charge is -2.23. The van der Waals surface area contributed by atoms with Crippen molar-refractivity contribution in [2.24, 2.45) is 0 Å². The summed E-state index contributed by atoms with van der Waals surface area (Å²) in [4.78, 5) is 17.0. The van der Waals surface area contributed by atoms with Gasteiger partial charge in [0.05, 0.1) is 5.69 Å². The van der Waals surface area contributed by atoms with Gasteiger partial charge in [-0.15, -0.1) is 0 Å². The molecule has 0 saturated carbocycles. The summed E-state index contributed by atoms with van der Waals surface area (Å²) < 4.78 is 14.7. The summed E-state index contributed by atoms with van der Waals surface area (Å²) in [5.74, 6) is -0.383. The van der Waals surface area contributed by atoms with Crippen LogP contribution >= 0.6 is 0 Å². The molecule has 0 aliphatic rings. The zero-order valence-corrected chi connectivity index (χ0v) is 17.0. The summed E-state index contributed by atoms with van der Waals surface area (Å²) in [6.45, 7) is 2.10. The van der Waals surface area contributed by atoms with E-state index in [2.05, 4.69) is 22.1 Å². The number of benzene rings is 2. The quantitative estimate of drug-likeness (QED) is 0.556. The maximum atomic E-state index is 13.1. The summed E-state index contributed by atoms with van der Waals surface area (Å²) >= 11 is 0. The van der Waals surface area contributed by atoms with E-state index in [9.17, 15) is 9.18 Å². The average molecular weight is 394 g/mol. The van der Waals surface area contributed by atoms with E-state index in [-0.39, 0.29) is 11.7 Å². The third kappa shape index (κ3) is 5.99. The van der Waals surface area contributed by atoms with Gasteiger partial charge < -0.3 is 9.80 Å². The molecule has 3 aromatic rings. The van der Waals surface area contributed by atoms with Gasteiger partial charge in [-0.05, 0) is 62.8 Å². The number of carbonyl (C=O) groups is 1. The number of amides is 1. The largest absolute Gasteiger partial charge is 0.336 e. The molecule has 3 rings (SSSR count). The number of carbonyl (C=O) groups excluding carboxylic acids is 1. The van der Waals surface area contributed by atoms with Crippen LogP contribution in [0.1, 0.15) is 22.5 Å². The predicted molar refractivity (Wildman–Crippen MR) is 113 cm³/mol. The third-order valence-electron chi connectivity index (χ3n) is 4.74. The van der Waals surface area contributed by atoms with Crippen LogP contribution in [0.3, 0.4) is 0 Å². The Morgan fingerprint density at radius 2 is 1.69 bits per heavy atom. The fraction of sp³-hybridized carbons (Fsp3) is 0.304. The van der Waals surface area contributed by atoms with Gasteiger partial charge in [-0.2, -0.15) is 5.10 Å². The Morgan fingerprint density at radius 3 is 2.38 bits per heavy atom. The molecule has 0 fully saturated rings. The van der Waals surface area contributed by atoms with Gasteiger partial charge in [0.1, 0.15) is 5.82 Å². The van der Waals surface area contributed by atoms with Crippen molar-refractivity contribution < 1.29 is 9.18 Å². The Bertz CT molecular complexity index is 906. The highest BCUT2D eigenvalue weighted by Gasteiger charge is 2.18. The lowest BCUT2D eigenvalue weighted by molar-refractivity contribution is 0.0736. The molecule has 0 unspecified atom stereocenters. The Hall–Kier alpha value is -2.99. The molecule has 6 heteroatoms. The summed E-state index contributed by atoms with van der Waals surface area (Å²) in [5, 5.41) is 4.41. The molecule has 1 aromatic heterocycles. The second-order valence-electron chi connectivity index (χ2n) is 7.31. The first-order valence-corrected chi connectivity index (χ1v) is 9.82. The van der Waals surface area contributed by atoms with E-state index in [0.717, 1.165) is 25.1 Å². The molecular weight excluding hydrogens is 367 g/mol. The Balaban J connectivity index is 1.67. The molecule has 0 aliphatic heterocycles. The van der Waals surface area contributed by atoms with Gasteiger partial charge in [0.2, 0.25) is 0 Å². The standard InChI is InChI=1S/C23H27FN4O/c1-26(2)17-18-27(15-6-9-19-7-4-3-5-8-19)23(29)22-14-16-28(25-22)21-12-10-20(24)11-13-21/h3-5,7-8,10-14,16H,6,9,15,17-18H2,1-2H3. The first-order chi connectivity index (χ1) is 14.0. The van der Waals surface area contributed by atoms with Crippen molar-refractivity contribution in [1.82, 2.24) is 19.6 Å². The van der Waals surface area contributed by atoms with Crippen LogP contribution in [0.5, 0.6) is 0 Å². The second-order valence-corrected chi connectivity index (χ2v) is 7.31. The molecular formula is C23H27FN4O. The van der Waals surface area contributed by atoms with Gasteiger partial charge >= 0.3 is 0 Å². The molecule has 0 radical (unpaired) electrons. The van der Waals surface area contributed by atoms with Crippen LogP contribution in [-0.2, 0) is 6.42 Å². The molecule has 29 heavy (non-hydrogen) atoms. The molecule has 0 aliphatic carbocycles. The summed E-state index contributed by atoms with van der Waals surface area (Å²) in [5.41, 5.74) is 2.38. The zero-order chi connectivity index (χ0) is 20.6. The minimum absolute atomic E-state index is 0.0826. The number of rotatable bonds is 9. The highest BCUT2D eigenvalue weighted by Crippen LogP contribution is 2.11. The summed E-state index contributed by atoms with van der Waals surface area (Å²) in [6, 6.07) is 18.0. The molecule has 5 nitrogen and oxygen atoms in total. The molecule has 0 saturated heterocycles. The SMILES string of the molecule is CN(C)CCN(CCCc1ccccc1)C(=O)c1ccn(-c2ccc(F)cc2)n1. The maximum Gasteiger partial charge on any atom is 0.274 e. The van der Waals surface area contributed by atoms with Crippen LogP contribution in [0.4, 0.5) is 4.39 Å². The van der Waals surface area contributed by atoms with Gasteiger partial charge in [0, 0.05) is 25.8 Å². The molecule has 1 heterocycles. The number of likely N-dealkylation sites (N-methyl/N-ethyl adjacent to an activating group) is 1. The van der Waals surface area contributed by atoms with Gasteiger partial charge in [-0.1, -0.05) is 30.3 Å². The first-order valence-electron chi connectivity index (χ1n) is 9.82. The van der Waals surface area contributed by atoms with Crippen LogP contribution in [0.2, 0.25) is 0 Å². The van der Waals surface area contributed by atoms with E-state index in [1.165, 1.54) is 17.7 Å². The Labute approximate surface area is 171 Å². The molecule has 2 aromatic carbocycles. The number of nitrogens with zero attached hydrogens (tertiary/aromatic N) is 4. The van der Waals surface area contributed by atoms with Crippen LogP contribution in [0.15, 0.2) is 66.9 Å². The van der Waals surface area contributed by atoms with Crippen molar-refractivity contribution >= 4 is 5.91 Å². The van der Waals surface area contributed by atoms with E-state index >= 15 is 0 Å². The summed E-state index contributed by atoms with van der Waals surface area (Å²) in [7, 11) is 3.99. The monoisotopic (exact) mass is 394 g/mol. The predicted octanol–water partition coefficient (Wildman–Crippen LogP) is 3.65. The lowest BCUT2D eigenvalue weighted by atomic mass is 10.1. The number of aromatic nitrogens is 2. The Morgan fingerprint density at radius 1 is 0.966 bits per heavy atom. The first kappa shape index (κ1) is 20.7. The van der Waals surface area contributed by atoms with E-state index in [4.69, 9.17) is 0 Å². The molecule has 0 bridgehead atoms. The van der Waals surface area contributed by atoms with Gasteiger partial charge in [-0.25, -0.2) is 9.07 Å². The number of hydrogen-bond acceptors (Lipinski definition) is 3. The van der Waals surface area contributed by atoms with Gasteiger partial charge in [0.15, 0.2) is 5.69 Å². The van der Waals surface area contributed by atoms with Crippen molar-refractivity contribution in [1.29, 1.82) is 0 Å².